The number of rotatable bonds is 4. The number of nitrogens with zero attached hydrogens (tertiary/aromatic N) is 4. The molecule has 0 radical (unpaired) electrons. The molecule has 0 unspecified atom stereocenters. The van der Waals surface area contributed by atoms with E-state index in [9.17, 15) is 10.5 Å². The average molecular weight is 413 g/mol. The van der Waals surface area contributed by atoms with Gasteiger partial charge in [0.15, 0.2) is 0 Å². The van der Waals surface area contributed by atoms with Gasteiger partial charge in [-0.15, -0.1) is 0 Å². The monoisotopic (exact) mass is 413 g/mol. The molecule has 152 valence electrons. The van der Waals surface area contributed by atoms with E-state index in [4.69, 9.17) is 0 Å². The van der Waals surface area contributed by atoms with Gasteiger partial charge in [-0.05, 0) is 42.8 Å². The molecule has 0 atom stereocenters. The molecular weight excluding hydrogens is 394 g/mol. The van der Waals surface area contributed by atoms with E-state index in [1.807, 2.05) is 66.7 Å². The fourth-order valence-corrected chi connectivity index (χ4v) is 4.16. The molecule has 0 bridgehead atoms. The molecule has 5 heteroatoms. The first kappa shape index (κ1) is 19.4. The first-order chi connectivity index (χ1) is 15.7. The predicted octanol–water partition coefficient (Wildman–Crippen LogP) is 5.81. The highest BCUT2D eigenvalue weighted by Gasteiger charge is 2.16. The fraction of sp³-hybridized carbons (Fsp3) is 0.0741. The Hall–Kier alpha value is -4.61. The third-order valence-electron chi connectivity index (χ3n) is 5.80. The van der Waals surface area contributed by atoms with E-state index in [0.29, 0.717) is 23.5 Å². The number of hydrogen-bond acceptors (Lipinski definition) is 3. The lowest BCUT2D eigenvalue weighted by Gasteiger charge is -2.10. The van der Waals surface area contributed by atoms with Crippen LogP contribution in [0.25, 0.3) is 33.6 Å². The molecule has 32 heavy (non-hydrogen) atoms. The minimum absolute atomic E-state index is 0.477. The third-order valence-corrected chi connectivity index (χ3v) is 5.80. The maximum atomic E-state index is 9.92. The van der Waals surface area contributed by atoms with Crippen LogP contribution in [0.3, 0.4) is 0 Å². The number of nitrogens with one attached hydrogen (secondary N) is 1. The van der Waals surface area contributed by atoms with E-state index in [-0.39, 0.29) is 0 Å². The molecule has 5 rings (SSSR count). The normalized spacial score (nSPS) is 11.5. The molecule has 0 fully saturated rings. The smallest absolute Gasteiger partial charge is 0.149 e. The number of imidazole rings is 1. The number of hydrogen-bond donors (Lipinski definition) is 1. The van der Waals surface area contributed by atoms with Crippen LogP contribution in [0.15, 0.2) is 72.8 Å². The van der Waals surface area contributed by atoms with E-state index in [2.05, 4.69) is 45.7 Å². The number of aromatic amines is 1. The quantitative estimate of drug-likeness (QED) is 0.378. The van der Waals surface area contributed by atoms with Crippen molar-refractivity contribution in [2.75, 3.05) is 0 Å². The predicted molar refractivity (Wildman–Crippen MR) is 127 cm³/mol. The van der Waals surface area contributed by atoms with Crippen molar-refractivity contribution in [1.29, 1.82) is 10.5 Å². The van der Waals surface area contributed by atoms with Gasteiger partial charge in [-0.1, -0.05) is 48.5 Å². The summed E-state index contributed by atoms with van der Waals surface area (Å²) in [6.45, 7) is 2.63. The number of allylic oxidation sites excluding steroid dienone is 1. The lowest BCUT2D eigenvalue weighted by Crippen LogP contribution is -2.03. The molecule has 3 aromatic carbocycles. The summed E-state index contributed by atoms with van der Waals surface area (Å²) in [6.07, 6.45) is 1.90. The molecule has 0 saturated heterocycles. The van der Waals surface area contributed by atoms with Crippen molar-refractivity contribution < 1.29 is 0 Å². The van der Waals surface area contributed by atoms with Crippen molar-refractivity contribution in [3.05, 3.63) is 101 Å². The van der Waals surface area contributed by atoms with Gasteiger partial charge in [0.1, 0.15) is 11.9 Å². The second-order valence-electron chi connectivity index (χ2n) is 7.64. The number of fused-ring (bicyclic) bond motifs is 2. The van der Waals surface area contributed by atoms with Gasteiger partial charge >= 0.3 is 0 Å². The topological polar surface area (TPSA) is 81.2 Å². The number of nitriles is 2. The van der Waals surface area contributed by atoms with Crippen LogP contribution < -0.4 is 0 Å². The molecule has 0 aliphatic carbocycles. The van der Waals surface area contributed by atoms with Crippen LogP contribution in [0.2, 0.25) is 0 Å². The van der Waals surface area contributed by atoms with Crippen molar-refractivity contribution in [3.8, 4) is 12.1 Å². The molecule has 0 amide bonds. The van der Waals surface area contributed by atoms with E-state index in [1.54, 1.807) is 0 Å². The van der Waals surface area contributed by atoms with Crippen LogP contribution in [-0.2, 0) is 6.54 Å². The number of benzene rings is 3. The summed E-state index contributed by atoms with van der Waals surface area (Å²) in [4.78, 5) is 7.85. The van der Waals surface area contributed by atoms with Crippen molar-refractivity contribution in [2.45, 2.75) is 13.5 Å². The average Bonchev–Trinajstić information content (AvgIpc) is 3.37. The summed E-state index contributed by atoms with van der Waals surface area (Å²) in [5.74, 6) is 0.555. The van der Waals surface area contributed by atoms with E-state index in [1.165, 1.54) is 0 Å². The van der Waals surface area contributed by atoms with Crippen molar-refractivity contribution in [2.24, 2.45) is 0 Å². The molecular formula is C27H19N5. The lowest BCUT2D eigenvalue weighted by molar-refractivity contribution is 0.802. The van der Waals surface area contributed by atoms with Crippen LogP contribution >= 0.6 is 0 Å². The summed E-state index contributed by atoms with van der Waals surface area (Å²) >= 11 is 0. The number of para-hydroxylation sites is 3. The van der Waals surface area contributed by atoms with Gasteiger partial charge in [0.2, 0.25) is 0 Å². The second kappa shape index (κ2) is 7.91. The zero-order valence-electron chi connectivity index (χ0n) is 17.5. The molecule has 0 spiro atoms. The van der Waals surface area contributed by atoms with Gasteiger partial charge < -0.3 is 9.55 Å². The van der Waals surface area contributed by atoms with Crippen molar-refractivity contribution >= 4 is 33.6 Å². The molecule has 1 N–H and O–H groups in total. The Morgan fingerprint density at radius 3 is 2.56 bits per heavy atom. The third kappa shape index (κ3) is 3.23. The highest BCUT2D eigenvalue weighted by atomic mass is 15.0. The molecule has 5 aromatic rings. The van der Waals surface area contributed by atoms with Crippen molar-refractivity contribution in [1.82, 2.24) is 14.5 Å². The number of H-pyrrole nitrogens is 1. The molecule has 5 nitrogen and oxygen atoms in total. The summed E-state index contributed by atoms with van der Waals surface area (Å²) in [6, 6.07) is 28.1. The van der Waals surface area contributed by atoms with Gasteiger partial charge in [-0.3, -0.25) is 0 Å². The van der Waals surface area contributed by atoms with Gasteiger partial charge in [0.05, 0.1) is 28.2 Å². The van der Waals surface area contributed by atoms with Crippen LogP contribution in [0.4, 0.5) is 0 Å². The summed E-state index contributed by atoms with van der Waals surface area (Å²) in [7, 11) is 0. The van der Waals surface area contributed by atoms with Crippen LogP contribution in [0, 0.1) is 29.6 Å². The number of aromatic nitrogens is 3. The molecule has 0 saturated carbocycles. The Kier molecular flexibility index (Phi) is 4.78. The highest BCUT2D eigenvalue weighted by molar-refractivity contribution is 5.99. The van der Waals surface area contributed by atoms with Crippen molar-refractivity contribution in [3.63, 3.8) is 0 Å². The van der Waals surface area contributed by atoms with E-state index >= 15 is 0 Å². The summed E-state index contributed by atoms with van der Waals surface area (Å²) in [5.41, 5.74) is 6.91. The molecule has 0 aliphatic rings. The Balaban J connectivity index is 1.67. The molecule has 2 aromatic heterocycles. The Bertz CT molecular complexity index is 1550. The Labute approximate surface area is 185 Å². The SMILES string of the molecule is Cc1c(/C=C(/C#N)c2nc3ccccc3[nH]2)c2ccccc2n1Cc1ccccc1C#N. The lowest BCUT2D eigenvalue weighted by atomic mass is 10.1. The maximum Gasteiger partial charge on any atom is 0.149 e. The van der Waals surface area contributed by atoms with Crippen LogP contribution in [0.1, 0.15) is 28.2 Å². The van der Waals surface area contributed by atoms with Gasteiger partial charge in [-0.25, -0.2) is 4.98 Å². The summed E-state index contributed by atoms with van der Waals surface area (Å²) < 4.78 is 2.20. The minimum atomic E-state index is 0.477. The van der Waals surface area contributed by atoms with Crippen LogP contribution in [0.5, 0.6) is 0 Å². The maximum absolute atomic E-state index is 9.92. The fourth-order valence-electron chi connectivity index (χ4n) is 4.16. The Morgan fingerprint density at radius 1 is 1.00 bits per heavy atom. The summed E-state index contributed by atoms with van der Waals surface area (Å²) in [5, 5.41) is 20.5. The molecule has 0 aliphatic heterocycles. The van der Waals surface area contributed by atoms with Gasteiger partial charge in [-0.2, -0.15) is 10.5 Å². The second-order valence-corrected chi connectivity index (χ2v) is 7.64. The van der Waals surface area contributed by atoms with E-state index in [0.717, 1.165) is 38.8 Å². The first-order valence-electron chi connectivity index (χ1n) is 10.3. The first-order valence-corrected chi connectivity index (χ1v) is 10.3. The van der Waals surface area contributed by atoms with Gasteiger partial charge in [0.25, 0.3) is 0 Å². The zero-order chi connectivity index (χ0) is 22.1. The largest absolute Gasteiger partial charge is 0.340 e. The molecule has 2 heterocycles. The van der Waals surface area contributed by atoms with E-state index < -0.39 is 0 Å². The standard InChI is InChI=1S/C27H19N5/c1-18-23(14-21(16-29)27-30-24-11-5-6-12-25(24)31-27)22-10-4-7-13-26(22)32(18)17-20-9-3-2-8-19(20)15-28/h2-14H,17H2,1H3,(H,30,31)/b21-14-. The zero-order valence-corrected chi connectivity index (χ0v) is 17.5. The van der Waals surface area contributed by atoms with Gasteiger partial charge in [0, 0.05) is 28.7 Å². The minimum Gasteiger partial charge on any atom is -0.340 e. The highest BCUT2D eigenvalue weighted by Crippen LogP contribution is 2.30. The van der Waals surface area contributed by atoms with Crippen LogP contribution in [-0.4, -0.2) is 14.5 Å². The Morgan fingerprint density at radius 2 is 1.75 bits per heavy atom.